The van der Waals surface area contributed by atoms with Gasteiger partial charge in [-0.2, -0.15) is 4.68 Å². The number of aryl methyl sites for hydroxylation is 2. The first-order valence-electron chi connectivity index (χ1n) is 9.10. The molecule has 13 heteroatoms. The number of nitrogens with zero attached hydrogens (tertiary/aromatic N) is 4. The zero-order valence-corrected chi connectivity index (χ0v) is 16.3. The average Bonchev–Trinajstić information content (AvgIpc) is 3.23. The third kappa shape index (κ3) is 4.72. The van der Waals surface area contributed by atoms with Crippen LogP contribution in [0.2, 0.25) is 0 Å². The highest BCUT2D eigenvalue weighted by Crippen LogP contribution is 2.23. The van der Waals surface area contributed by atoms with E-state index in [9.17, 15) is 29.3 Å². The van der Waals surface area contributed by atoms with Crippen LogP contribution in [0.4, 0.5) is 11.5 Å². The van der Waals surface area contributed by atoms with Crippen LogP contribution in [-0.4, -0.2) is 49.5 Å². The number of anilines is 1. The van der Waals surface area contributed by atoms with Crippen LogP contribution in [0, 0.1) is 17.0 Å². The molecule has 3 rings (SSSR count). The fourth-order valence-electron chi connectivity index (χ4n) is 3.04. The van der Waals surface area contributed by atoms with Crippen LogP contribution < -0.4 is 15.8 Å². The van der Waals surface area contributed by atoms with Crippen LogP contribution in [-0.2, 0) is 20.9 Å². The van der Waals surface area contributed by atoms with Crippen molar-refractivity contribution in [3.05, 3.63) is 51.7 Å². The Kier molecular flexibility index (Phi) is 6.06. The number of hydrogen-bond acceptors (Lipinski definition) is 8. The zero-order valence-electron chi connectivity index (χ0n) is 16.3. The quantitative estimate of drug-likeness (QED) is 0.298. The van der Waals surface area contributed by atoms with Gasteiger partial charge in [-0.1, -0.05) is 6.07 Å². The molecule has 1 aliphatic rings. The first-order chi connectivity index (χ1) is 14.7. The molecule has 0 saturated carbocycles. The first kappa shape index (κ1) is 21.6. The number of nitro groups is 1. The molecule has 0 bridgehead atoms. The van der Waals surface area contributed by atoms with E-state index in [4.69, 9.17) is 5.11 Å². The molecular formula is C18H18N6O7. The normalized spacial score (nSPS) is 15.9. The van der Waals surface area contributed by atoms with Crippen LogP contribution >= 0.6 is 0 Å². The van der Waals surface area contributed by atoms with Gasteiger partial charge in [0.05, 0.1) is 41.1 Å². The minimum atomic E-state index is -1.19. The first-order valence-corrected chi connectivity index (χ1v) is 9.10. The molecule has 3 amide bonds. The van der Waals surface area contributed by atoms with E-state index in [2.05, 4.69) is 16.0 Å². The second kappa shape index (κ2) is 8.71. The Bertz CT molecular complexity index is 1080. The number of benzene rings is 1. The number of aromatic nitrogens is 2. The summed E-state index contributed by atoms with van der Waals surface area (Å²) < 4.78 is 1.32. The molecule has 0 spiro atoms. The van der Waals surface area contributed by atoms with Gasteiger partial charge in [0.25, 0.3) is 5.91 Å². The number of hydrogen-bond donors (Lipinski definition) is 3. The van der Waals surface area contributed by atoms with Crippen molar-refractivity contribution in [1.82, 2.24) is 20.6 Å². The standard InChI is InChI=1S/C18H18N6O7/c1-10-7-14(24(30)31)21-22(10)6-5-15(25)20-19-13-9-16(26)23(17(13)27)12-4-2-3-11(8-12)18(28)29/h2-4,7-8,13,19H,5-6,9H2,1H3,(H,20,25)(H,28,29)/t13-/m0/s1. The molecule has 3 N–H and O–H groups in total. The van der Waals surface area contributed by atoms with Crippen molar-refractivity contribution in [3.8, 4) is 0 Å². The molecule has 2 heterocycles. The SMILES string of the molecule is Cc1cc([N+](=O)[O-])nn1CCC(=O)NN[C@H]1CC(=O)N(c2cccc(C(=O)O)c2)C1=O. The maximum Gasteiger partial charge on any atom is 0.390 e. The number of nitrogens with one attached hydrogen (secondary N) is 2. The van der Waals surface area contributed by atoms with Crippen LogP contribution in [0.1, 0.15) is 28.9 Å². The summed E-state index contributed by atoms with van der Waals surface area (Å²) in [5, 5.41) is 23.6. The fraction of sp³-hybridized carbons (Fsp3) is 0.278. The summed E-state index contributed by atoms with van der Waals surface area (Å²) in [6.45, 7) is 1.70. The smallest absolute Gasteiger partial charge is 0.390 e. The molecule has 1 aromatic heterocycles. The van der Waals surface area contributed by atoms with E-state index >= 15 is 0 Å². The Morgan fingerprint density at radius 3 is 2.71 bits per heavy atom. The third-order valence-electron chi connectivity index (χ3n) is 4.59. The van der Waals surface area contributed by atoms with E-state index in [-0.39, 0.29) is 36.5 Å². The van der Waals surface area contributed by atoms with Gasteiger partial charge in [0.2, 0.25) is 11.8 Å². The summed E-state index contributed by atoms with van der Waals surface area (Å²) in [5.41, 5.74) is 5.42. The maximum absolute atomic E-state index is 12.6. The van der Waals surface area contributed by atoms with Crippen molar-refractivity contribution >= 4 is 35.2 Å². The summed E-state index contributed by atoms with van der Waals surface area (Å²) in [6, 6.07) is 5.68. The number of aromatic carboxylic acids is 1. The fourth-order valence-corrected chi connectivity index (χ4v) is 3.04. The Balaban J connectivity index is 1.56. The predicted octanol–water partition coefficient (Wildman–Crippen LogP) is 0.141. The molecule has 1 atom stereocenters. The van der Waals surface area contributed by atoms with Crippen LogP contribution in [0.15, 0.2) is 30.3 Å². The number of hydrazine groups is 1. The van der Waals surface area contributed by atoms with Crippen LogP contribution in [0.25, 0.3) is 0 Å². The number of carbonyl (C=O) groups excluding carboxylic acids is 3. The van der Waals surface area contributed by atoms with Crippen molar-refractivity contribution in [2.45, 2.75) is 32.4 Å². The molecule has 162 valence electrons. The van der Waals surface area contributed by atoms with Crippen molar-refractivity contribution in [3.63, 3.8) is 0 Å². The summed E-state index contributed by atoms with van der Waals surface area (Å²) in [4.78, 5) is 59.0. The van der Waals surface area contributed by atoms with Gasteiger partial charge in [0, 0.05) is 6.42 Å². The topological polar surface area (TPSA) is 177 Å². The number of carbonyl (C=O) groups is 4. The Morgan fingerprint density at radius 2 is 2.06 bits per heavy atom. The molecule has 0 radical (unpaired) electrons. The van der Waals surface area contributed by atoms with Crippen molar-refractivity contribution in [2.24, 2.45) is 0 Å². The van der Waals surface area contributed by atoms with E-state index < -0.39 is 34.7 Å². The summed E-state index contributed by atoms with van der Waals surface area (Å²) in [7, 11) is 0. The van der Waals surface area contributed by atoms with Gasteiger partial charge in [-0.05, 0) is 30.0 Å². The minimum absolute atomic E-state index is 0.0723. The molecule has 1 fully saturated rings. The van der Waals surface area contributed by atoms with Crippen molar-refractivity contribution < 1.29 is 29.2 Å². The summed E-state index contributed by atoms with van der Waals surface area (Å²) >= 11 is 0. The lowest BCUT2D eigenvalue weighted by Gasteiger charge is -2.16. The lowest BCUT2D eigenvalue weighted by Crippen LogP contribution is -2.48. The van der Waals surface area contributed by atoms with Gasteiger partial charge in [0.15, 0.2) is 0 Å². The third-order valence-corrected chi connectivity index (χ3v) is 4.59. The zero-order chi connectivity index (χ0) is 22.7. The summed E-state index contributed by atoms with van der Waals surface area (Å²) in [6.07, 6.45) is -0.299. The highest BCUT2D eigenvalue weighted by molar-refractivity contribution is 6.22. The Labute approximate surface area is 174 Å². The Morgan fingerprint density at radius 1 is 1.32 bits per heavy atom. The predicted molar refractivity (Wildman–Crippen MR) is 104 cm³/mol. The van der Waals surface area contributed by atoms with Gasteiger partial charge in [-0.3, -0.25) is 19.8 Å². The number of rotatable bonds is 8. The second-order valence-electron chi connectivity index (χ2n) is 6.75. The molecule has 2 aromatic rings. The lowest BCUT2D eigenvalue weighted by atomic mass is 10.2. The number of amides is 3. The highest BCUT2D eigenvalue weighted by Gasteiger charge is 2.39. The van der Waals surface area contributed by atoms with Gasteiger partial charge in [-0.15, -0.1) is 0 Å². The van der Waals surface area contributed by atoms with Gasteiger partial charge in [-0.25, -0.2) is 15.1 Å². The van der Waals surface area contributed by atoms with Crippen molar-refractivity contribution in [2.75, 3.05) is 4.90 Å². The van der Waals surface area contributed by atoms with E-state index in [0.29, 0.717) is 5.69 Å². The van der Waals surface area contributed by atoms with E-state index in [1.54, 1.807) is 6.92 Å². The average molecular weight is 430 g/mol. The molecule has 0 aliphatic carbocycles. The Hall–Kier alpha value is -4.13. The van der Waals surface area contributed by atoms with Gasteiger partial charge in [0.1, 0.15) is 6.04 Å². The molecule has 1 aromatic carbocycles. The van der Waals surface area contributed by atoms with Crippen LogP contribution in [0.5, 0.6) is 0 Å². The van der Waals surface area contributed by atoms with Gasteiger partial charge >= 0.3 is 11.8 Å². The molecule has 0 unspecified atom stereocenters. The van der Waals surface area contributed by atoms with Crippen LogP contribution in [0.3, 0.4) is 0 Å². The number of carboxylic acids is 1. The van der Waals surface area contributed by atoms with E-state index in [1.807, 2.05) is 0 Å². The highest BCUT2D eigenvalue weighted by atomic mass is 16.6. The molecule has 31 heavy (non-hydrogen) atoms. The molecular weight excluding hydrogens is 412 g/mol. The lowest BCUT2D eigenvalue weighted by molar-refractivity contribution is -0.389. The monoisotopic (exact) mass is 430 g/mol. The second-order valence-corrected chi connectivity index (χ2v) is 6.75. The number of carboxylic acid groups (broad SMARTS) is 1. The number of imide groups is 1. The van der Waals surface area contributed by atoms with E-state index in [0.717, 1.165) is 4.90 Å². The maximum atomic E-state index is 12.6. The minimum Gasteiger partial charge on any atom is -0.478 e. The van der Waals surface area contributed by atoms with Gasteiger partial charge < -0.3 is 15.2 Å². The summed E-state index contributed by atoms with van der Waals surface area (Å²) in [5.74, 6) is -3.20. The van der Waals surface area contributed by atoms with Crippen molar-refractivity contribution in [1.29, 1.82) is 0 Å². The van der Waals surface area contributed by atoms with E-state index in [1.165, 1.54) is 35.0 Å². The molecule has 1 aliphatic heterocycles. The largest absolute Gasteiger partial charge is 0.478 e. The molecule has 13 nitrogen and oxygen atoms in total. The molecule has 1 saturated heterocycles.